The van der Waals surface area contributed by atoms with E-state index in [1.807, 2.05) is 12.1 Å². The highest BCUT2D eigenvalue weighted by molar-refractivity contribution is 6.06. The Labute approximate surface area is 301 Å². The highest BCUT2D eigenvalue weighted by Gasteiger charge is 2.52. The molecule has 0 atom stereocenters. The molecule has 2 heterocycles. The van der Waals surface area contributed by atoms with Crippen LogP contribution < -0.4 is 9.64 Å². The molecule has 8 aromatic carbocycles. The Morgan fingerprint density at radius 3 is 1.75 bits per heavy atom. The molecule has 2 aliphatic rings. The molecule has 0 fully saturated rings. The molecule has 0 unspecified atom stereocenters. The molecule has 1 aliphatic heterocycles. The average Bonchev–Trinajstić information content (AvgIpc) is 3.72. The number of ether oxygens (including phenoxy) is 1. The first kappa shape index (κ1) is 28.9. The first-order valence-electron chi connectivity index (χ1n) is 17.8. The number of anilines is 3. The van der Waals surface area contributed by atoms with Crippen LogP contribution in [0.1, 0.15) is 22.3 Å². The lowest BCUT2D eigenvalue weighted by molar-refractivity contribution is 0.437. The second kappa shape index (κ2) is 11.1. The van der Waals surface area contributed by atoms with Gasteiger partial charge in [-0.1, -0.05) is 127 Å². The SMILES string of the molecule is c1ccc(N(c2ccc(-c3cccc4c3C3(c5ccccc5O4)c4ccccc4-c4ccccc43)cc2)c2ccc3c(c2)oc2ccccc23)cc1. The molecular formula is C49H31NO2. The predicted molar refractivity (Wildman–Crippen MR) is 211 cm³/mol. The minimum atomic E-state index is -0.537. The quantitative estimate of drug-likeness (QED) is 0.187. The third kappa shape index (κ3) is 4.02. The van der Waals surface area contributed by atoms with Crippen LogP contribution in [0.2, 0.25) is 0 Å². The van der Waals surface area contributed by atoms with E-state index >= 15 is 0 Å². The van der Waals surface area contributed by atoms with Crippen LogP contribution in [0.25, 0.3) is 44.2 Å². The number of para-hydroxylation sites is 3. The maximum absolute atomic E-state index is 6.77. The first-order valence-corrected chi connectivity index (χ1v) is 17.8. The fourth-order valence-electron chi connectivity index (χ4n) is 8.82. The fourth-order valence-corrected chi connectivity index (χ4v) is 8.82. The van der Waals surface area contributed by atoms with Crippen LogP contribution in [-0.4, -0.2) is 0 Å². The summed E-state index contributed by atoms with van der Waals surface area (Å²) in [7, 11) is 0. The summed E-state index contributed by atoms with van der Waals surface area (Å²) >= 11 is 0. The van der Waals surface area contributed by atoms with Gasteiger partial charge in [0.15, 0.2) is 0 Å². The zero-order chi connectivity index (χ0) is 34.2. The summed E-state index contributed by atoms with van der Waals surface area (Å²) in [6, 6.07) is 67.0. The van der Waals surface area contributed by atoms with E-state index in [1.54, 1.807) is 0 Å². The maximum Gasteiger partial charge on any atom is 0.137 e. The van der Waals surface area contributed by atoms with Crippen molar-refractivity contribution in [2.45, 2.75) is 5.41 Å². The lowest BCUT2D eigenvalue weighted by atomic mass is 9.64. The highest BCUT2D eigenvalue weighted by Crippen LogP contribution is 2.63. The smallest absolute Gasteiger partial charge is 0.137 e. The maximum atomic E-state index is 6.77. The van der Waals surface area contributed by atoms with Gasteiger partial charge in [-0.05, 0) is 88.0 Å². The standard InChI is InChI=1S/C49H31NO2/c1-2-13-33(14-3-1)50(35-29-30-40-39-17-6-10-22-44(39)51-47(40)31-35)34-27-25-32(26-28-34)36-18-12-24-46-48(36)49(43-21-9-11-23-45(43)52-46)41-19-7-4-15-37(41)38-16-5-8-20-42(38)49/h1-31H. The van der Waals surface area contributed by atoms with Gasteiger partial charge in [0, 0.05) is 45.0 Å². The summed E-state index contributed by atoms with van der Waals surface area (Å²) < 4.78 is 13.1. The molecule has 0 amide bonds. The molecule has 1 spiro atoms. The highest BCUT2D eigenvalue weighted by atomic mass is 16.5. The number of hydrogen-bond acceptors (Lipinski definition) is 3. The van der Waals surface area contributed by atoms with E-state index < -0.39 is 5.41 Å². The second-order valence-electron chi connectivity index (χ2n) is 13.6. The summed E-state index contributed by atoms with van der Waals surface area (Å²) in [5.74, 6) is 1.78. The van der Waals surface area contributed by atoms with Crippen molar-refractivity contribution in [3.8, 4) is 33.8 Å². The molecule has 0 N–H and O–H groups in total. The molecule has 0 radical (unpaired) electrons. The Balaban J connectivity index is 1.10. The van der Waals surface area contributed by atoms with Gasteiger partial charge in [0.1, 0.15) is 22.7 Å². The number of fused-ring (bicyclic) bond motifs is 12. The Bertz CT molecular complexity index is 2790. The first-order chi connectivity index (χ1) is 25.8. The number of rotatable bonds is 4. The van der Waals surface area contributed by atoms with E-state index in [1.165, 1.54) is 33.4 Å². The van der Waals surface area contributed by atoms with Crippen molar-refractivity contribution < 1.29 is 9.15 Å². The van der Waals surface area contributed by atoms with Crippen molar-refractivity contribution in [2.24, 2.45) is 0 Å². The Kier molecular flexibility index (Phi) is 6.17. The minimum Gasteiger partial charge on any atom is -0.457 e. The molecular weight excluding hydrogens is 635 g/mol. The van der Waals surface area contributed by atoms with Crippen molar-refractivity contribution in [3.05, 3.63) is 210 Å². The topological polar surface area (TPSA) is 25.6 Å². The fraction of sp³-hybridized carbons (Fsp3) is 0.0204. The second-order valence-corrected chi connectivity index (χ2v) is 13.6. The normalized spacial score (nSPS) is 13.3. The lowest BCUT2D eigenvalue weighted by Crippen LogP contribution is -2.32. The van der Waals surface area contributed by atoms with Crippen LogP contribution in [-0.2, 0) is 5.41 Å². The number of hydrogen-bond donors (Lipinski definition) is 0. The van der Waals surface area contributed by atoms with Crippen molar-refractivity contribution in [1.82, 2.24) is 0 Å². The van der Waals surface area contributed by atoms with Crippen LogP contribution >= 0.6 is 0 Å². The van der Waals surface area contributed by atoms with Gasteiger partial charge in [-0.15, -0.1) is 0 Å². The number of furan rings is 1. The van der Waals surface area contributed by atoms with E-state index in [2.05, 4.69) is 181 Å². The average molecular weight is 666 g/mol. The third-order valence-electron chi connectivity index (χ3n) is 10.9. The van der Waals surface area contributed by atoms with Crippen molar-refractivity contribution in [1.29, 1.82) is 0 Å². The largest absolute Gasteiger partial charge is 0.457 e. The summed E-state index contributed by atoms with van der Waals surface area (Å²) in [4.78, 5) is 2.29. The van der Waals surface area contributed by atoms with E-state index in [4.69, 9.17) is 9.15 Å². The Hall–Kier alpha value is -6.84. The van der Waals surface area contributed by atoms with Crippen LogP contribution in [0.4, 0.5) is 17.1 Å². The summed E-state index contributed by atoms with van der Waals surface area (Å²) in [6.45, 7) is 0. The lowest BCUT2D eigenvalue weighted by Gasteiger charge is -2.40. The van der Waals surface area contributed by atoms with Gasteiger partial charge in [0.05, 0.1) is 5.41 Å². The molecule has 3 nitrogen and oxygen atoms in total. The Morgan fingerprint density at radius 2 is 0.962 bits per heavy atom. The zero-order valence-electron chi connectivity index (χ0n) is 28.2. The molecule has 52 heavy (non-hydrogen) atoms. The number of nitrogens with zero attached hydrogens (tertiary/aromatic N) is 1. The predicted octanol–water partition coefficient (Wildman–Crippen LogP) is 13.2. The van der Waals surface area contributed by atoms with Gasteiger partial charge in [0.2, 0.25) is 0 Å². The molecule has 11 rings (SSSR count). The van der Waals surface area contributed by atoms with Crippen LogP contribution in [0.3, 0.4) is 0 Å². The van der Waals surface area contributed by atoms with Crippen LogP contribution in [0, 0.1) is 0 Å². The molecule has 244 valence electrons. The molecule has 9 aromatic rings. The number of benzene rings is 8. The van der Waals surface area contributed by atoms with E-state index in [0.29, 0.717) is 0 Å². The summed E-state index contributed by atoms with van der Waals surface area (Å²) in [5, 5.41) is 2.24. The molecule has 0 saturated carbocycles. The van der Waals surface area contributed by atoms with Gasteiger partial charge >= 0.3 is 0 Å². The molecule has 1 aromatic heterocycles. The summed E-state index contributed by atoms with van der Waals surface area (Å²) in [5.41, 5.74) is 14.1. The van der Waals surface area contributed by atoms with Crippen molar-refractivity contribution in [2.75, 3.05) is 4.90 Å². The molecule has 0 saturated heterocycles. The summed E-state index contributed by atoms with van der Waals surface area (Å²) in [6.07, 6.45) is 0. The van der Waals surface area contributed by atoms with E-state index in [-0.39, 0.29) is 0 Å². The molecule has 0 bridgehead atoms. The molecule has 3 heteroatoms. The van der Waals surface area contributed by atoms with Crippen LogP contribution in [0.15, 0.2) is 192 Å². The monoisotopic (exact) mass is 665 g/mol. The van der Waals surface area contributed by atoms with Gasteiger partial charge in [-0.2, -0.15) is 0 Å². The van der Waals surface area contributed by atoms with E-state index in [0.717, 1.165) is 61.6 Å². The van der Waals surface area contributed by atoms with E-state index in [9.17, 15) is 0 Å². The molecule has 1 aliphatic carbocycles. The van der Waals surface area contributed by atoms with Crippen molar-refractivity contribution >= 4 is 39.0 Å². The Morgan fingerprint density at radius 1 is 0.385 bits per heavy atom. The van der Waals surface area contributed by atoms with Crippen molar-refractivity contribution in [3.63, 3.8) is 0 Å². The van der Waals surface area contributed by atoms with Gasteiger partial charge < -0.3 is 14.1 Å². The minimum absolute atomic E-state index is 0.537. The zero-order valence-corrected chi connectivity index (χ0v) is 28.2. The van der Waals surface area contributed by atoms with Gasteiger partial charge in [0.25, 0.3) is 0 Å². The third-order valence-corrected chi connectivity index (χ3v) is 10.9. The van der Waals surface area contributed by atoms with Gasteiger partial charge in [-0.25, -0.2) is 0 Å². The van der Waals surface area contributed by atoms with Crippen LogP contribution in [0.5, 0.6) is 11.5 Å². The van der Waals surface area contributed by atoms with Gasteiger partial charge in [-0.3, -0.25) is 0 Å².